The number of rotatable bonds is 34. The second-order valence-electron chi connectivity index (χ2n) is 14.5. The van der Waals surface area contributed by atoms with E-state index in [2.05, 4.69) is 62.5 Å². The van der Waals surface area contributed by atoms with E-state index in [0.717, 1.165) is 70.6 Å². The highest BCUT2D eigenvalue weighted by molar-refractivity contribution is 5.73. The lowest BCUT2D eigenvalue weighted by Crippen LogP contribution is -2.60. The average Bonchev–Trinajstić information content (AvgIpc) is 3.17. The van der Waals surface area contributed by atoms with Gasteiger partial charge < -0.3 is 39.4 Å². The van der Waals surface area contributed by atoms with Crippen LogP contribution in [0.4, 0.5) is 0 Å². The highest BCUT2D eigenvalue weighted by Gasteiger charge is 2.47. The summed E-state index contributed by atoms with van der Waals surface area (Å²) in [5.74, 6) is -2.48. The van der Waals surface area contributed by atoms with Gasteiger partial charge in [0.25, 0.3) is 0 Å². The Morgan fingerprint density at radius 2 is 1.07 bits per heavy atom. The van der Waals surface area contributed by atoms with Crippen LogP contribution in [0, 0.1) is 0 Å². The summed E-state index contributed by atoms with van der Waals surface area (Å²) in [6.45, 7) is 3.66. The molecule has 0 radical (unpaired) electrons. The molecule has 4 N–H and O–H groups in total. The first-order valence-electron chi connectivity index (χ1n) is 21.2. The monoisotopic (exact) mass is 779 g/mol. The molecule has 1 aliphatic rings. The van der Waals surface area contributed by atoms with Crippen molar-refractivity contribution in [2.75, 3.05) is 13.2 Å². The maximum Gasteiger partial charge on any atom is 0.335 e. The minimum atomic E-state index is -1.86. The number of esters is 2. The van der Waals surface area contributed by atoms with Gasteiger partial charge >= 0.3 is 17.9 Å². The summed E-state index contributed by atoms with van der Waals surface area (Å²) >= 11 is 0. The van der Waals surface area contributed by atoms with Gasteiger partial charge in [0.1, 0.15) is 24.9 Å². The Balaban J connectivity index is 2.41. The van der Waals surface area contributed by atoms with Crippen molar-refractivity contribution >= 4 is 17.9 Å². The molecule has 11 heteroatoms. The van der Waals surface area contributed by atoms with Gasteiger partial charge in [-0.15, -0.1) is 0 Å². The second kappa shape index (κ2) is 34.4. The van der Waals surface area contributed by atoms with Crippen molar-refractivity contribution in [1.29, 1.82) is 0 Å². The lowest BCUT2D eigenvalue weighted by Gasteiger charge is -2.38. The molecule has 316 valence electrons. The Hall–Kier alpha value is -2.83. The number of carbonyl (C=O) groups is 3. The van der Waals surface area contributed by atoms with Gasteiger partial charge in [-0.2, -0.15) is 0 Å². The van der Waals surface area contributed by atoms with E-state index in [9.17, 15) is 34.8 Å². The van der Waals surface area contributed by atoms with E-state index in [1.54, 1.807) is 0 Å². The average molecular weight is 779 g/mol. The van der Waals surface area contributed by atoms with Crippen molar-refractivity contribution in [2.24, 2.45) is 0 Å². The van der Waals surface area contributed by atoms with Crippen LogP contribution in [0.5, 0.6) is 0 Å². The molecule has 0 amide bonds. The third-order valence-corrected chi connectivity index (χ3v) is 9.44. The molecule has 6 unspecified atom stereocenters. The Labute approximate surface area is 331 Å². The smallest absolute Gasteiger partial charge is 0.335 e. The predicted molar refractivity (Wildman–Crippen MR) is 215 cm³/mol. The molecule has 55 heavy (non-hydrogen) atoms. The van der Waals surface area contributed by atoms with Crippen molar-refractivity contribution in [3.8, 4) is 0 Å². The van der Waals surface area contributed by atoms with Crippen LogP contribution in [0.2, 0.25) is 0 Å². The van der Waals surface area contributed by atoms with E-state index in [0.29, 0.717) is 12.8 Å². The summed E-state index contributed by atoms with van der Waals surface area (Å²) in [5.41, 5.74) is 0. The number of allylic oxidation sites excluding steroid dienone is 8. The van der Waals surface area contributed by atoms with Gasteiger partial charge in [0.15, 0.2) is 18.5 Å². The Morgan fingerprint density at radius 1 is 0.582 bits per heavy atom. The minimum absolute atomic E-state index is 0.178. The summed E-state index contributed by atoms with van der Waals surface area (Å²) in [4.78, 5) is 36.7. The zero-order valence-corrected chi connectivity index (χ0v) is 33.9. The van der Waals surface area contributed by atoms with Crippen LogP contribution in [-0.4, -0.2) is 88.4 Å². The fourth-order valence-electron chi connectivity index (χ4n) is 6.10. The predicted octanol–water partition coefficient (Wildman–Crippen LogP) is 8.59. The number of aliphatic hydroxyl groups is 3. The standard InChI is InChI=1S/C44H74O11/c1-3-5-7-9-11-13-15-17-18-19-20-21-23-24-26-28-30-32-37(45)52-34-36(35-53-44-41(49)39(47)40(48)42(55-44)43(50)51)54-38(46)33-31-29-27-25-22-16-14-12-10-8-6-4-2/h5,7,11,13,17-18,20-21,36,39-42,44,47-49H,3-4,6,8-10,12,14-16,19,22-35H2,1-2H3,(H,50,51)/b7-5-,13-11-,18-17-,21-20-. The Morgan fingerprint density at radius 3 is 1.62 bits per heavy atom. The van der Waals surface area contributed by atoms with Gasteiger partial charge in [-0.25, -0.2) is 4.79 Å². The largest absolute Gasteiger partial charge is 0.479 e. The van der Waals surface area contributed by atoms with Crippen molar-refractivity contribution in [3.05, 3.63) is 48.6 Å². The van der Waals surface area contributed by atoms with Gasteiger partial charge in [0.05, 0.1) is 6.61 Å². The van der Waals surface area contributed by atoms with Crippen LogP contribution in [0.15, 0.2) is 48.6 Å². The first kappa shape index (κ1) is 50.2. The first-order chi connectivity index (χ1) is 26.7. The van der Waals surface area contributed by atoms with E-state index in [1.807, 2.05) is 0 Å². The second-order valence-corrected chi connectivity index (χ2v) is 14.5. The van der Waals surface area contributed by atoms with Gasteiger partial charge in [0, 0.05) is 12.8 Å². The minimum Gasteiger partial charge on any atom is -0.479 e. The van der Waals surface area contributed by atoms with Crippen molar-refractivity contribution < 1.29 is 53.8 Å². The molecule has 0 aromatic rings. The highest BCUT2D eigenvalue weighted by Crippen LogP contribution is 2.23. The molecular formula is C44H74O11. The summed E-state index contributed by atoms with van der Waals surface area (Å²) in [7, 11) is 0. The number of aliphatic carboxylic acids is 1. The van der Waals surface area contributed by atoms with E-state index in [4.69, 9.17) is 18.9 Å². The zero-order valence-electron chi connectivity index (χ0n) is 33.9. The highest BCUT2D eigenvalue weighted by atomic mass is 16.7. The van der Waals surface area contributed by atoms with Gasteiger partial charge in [-0.3, -0.25) is 9.59 Å². The third kappa shape index (κ3) is 26.6. The van der Waals surface area contributed by atoms with E-state index >= 15 is 0 Å². The van der Waals surface area contributed by atoms with Crippen LogP contribution in [0.25, 0.3) is 0 Å². The molecule has 0 aromatic heterocycles. The van der Waals surface area contributed by atoms with Crippen LogP contribution < -0.4 is 0 Å². The quantitative estimate of drug-likeness (QED) is 0.0280. The topological polar surface area (TPSA) is 169 Å². The number of hydrogen-bond donors (Lipinski definition) is 4. The van der Waals surface area contributed by atoms with Gasteiger partial charge in [0.2, 0.25) is 0 Å². The zero-order chi connectivity index (χ0) is 40.4. The summed E-state index contributed by atoms with van der Waals surface area (Å²) < 4.78 is 21.7. The number of unbranched alkanes of at least 4 members (excludes halogenated alkanes) is 15. The molecule has 1 aliphatic heterocycles. The molecule has 1 heterocycles. The number of ether oxygens (including phenoxy) is 4. The number of carboxylic acid groups (broad SMARTS) is 1. The van der Waals surface area contributed by atoms with Crippen LogP contribution in [0.1, 0.15) is 162 Å². The number of carbonyl (C=O) groups excluding carboxylic acids is 2. The Bertz CT molecular complexity index is 1100. The molecule has 0 bridgehead atoms. The normalized spacial score (nSPS) is 20.9. The van der Waals surface area contributed by atoms with Crippen molar-refractivity contribution in [3.63, 3.8) is 0 Å². The fourth-order valence-corrected chi connectivity index (χ4v) is 6.10. The molecular weight excluding hydrogens is 704 g/mol. The Kier molecular flexibility index (Phi) is 31.4. The lowest BCUT2D eigenvalue weighted by atomic mass is 9.99. The van der Waals surface area contributed by atoms with Gasteiger partial charge in [-0.05, 0) is 51.4 Å². The van der Waals surface area contributed by atoms with Crippen molar-refractivity contribution in [1.82, 2.24) is 0 Å². The molecule has 6 atom stereocenters. The maximum atomic E-state index is 12.7. The summed E-state index contributed by atoms with van der Waals surface area (Å²) in [6.07, 6.45) is 30.2. The van der Waals surface area contributed by atoms with Crippen LogP contribution >= 0.6 is 0 Å². The molecule has 0 spiro atoms. The van der Waals surface area contributed by atoms with Crippen LogP contribution in [0.3, 0.4) is 0 Å². The molecule has 11 nitrogen and oxygen atoms in total. The van der Waals surface area contributed by atoms with Crippen molar-refractivity contribution in [2.45, 2.75) is 198 Å². The lowest BCUT2D eigenvalue weighted by molar-refractivity contribution is -0.298. The van der Waals surface area contributed by atoms with E-state index < -0.39 is 61.3 Å². The van der Waals surface area contributed by atoms with E-state index in [1.165, 1.54) is 51.4 Å². The molecule has 1 fully saturated rings. The third-order valence-electron chi connectivity index (χ3n) is 9.44. The number of hydrogen-bond acceptors (Lipinski definition) is 10. The number of carboxylic acids is 1. The molecule has 0 saturated carbocycles. The first-order valence-corrected chi connectivity index (χ1v) is 21.2. The van der Waals surface area contributed by atoms with Gasteiger partial charge in [-0.1, -0.05) is 146 Å². The fraction of sp³-hybridized carbons (Fsp3) is 0.750. The maximum absolute atomic E-state index is 12.7. The van der Waals surface area contributed by atoms with Crippen LogP contribution in [-0.2, 0) is 33.3 Å². The van der Waals surface area contributed by atoms with E-state index in [-0.39, 0.29) is 19.4 Å². The molecule has 0 aliphatic carbocycles. The molecule has 1 rings (SSSR count). The SMILES string of the molecule is CC/C=C\C/C=C\C/C=C\C/C=C\CCCCCCC(=O)OCC(COC1OC(C(=O)O)C(O)C(O)C1O)OC(=O)CCCCCCCCCCCCCC. The number of aliphatic hydroxyl groups excluding tert-OH is 3. The summed E-state index contributed by atoms with van der Waals surface area (Å²) in [6, 6.07) is 0. The molecule has 0 aromatic carbocycles. The summed E-state index contributed by atoms with van der Waals surface area (Å²) in [5, 5.41) is 39.7. The molecule has 1 saturated heterocycles.